The van der Waals surface area contributed by atoms with Gasteiger partial charge in [-0.15, -0.1) is 0 Å². The molecule has 0 aliphatic heterocycles. The number of hydrogen-bond donors (Lipinski definition) is 0. The molecule has 0 aliphatic rings. The summed E-state index contributed by atoms with van der Waals surface area (Å²) in [5, 5.41) is 0. The first-order chi connectivity index (χ1) is 16.3. The SMILES string of the molecule is CCC(C)O[Si](CCC(F)(F)C(F)(F)C(F)(F)C(F)(F)C(F)(F)C(F)(F)F)(OC(C)CC)OC(C)CC. The second-order valence-corrected chi connectivity index (χ2v) is 11.3. The summed E-state index contributed by atoms with van der Waals surface area (Å²) in [5.41, 5.74) is 0. The molecule has 3 unspecified atom stereocenters. The molecule has 0 rings (SSSR count). The molecule has 0 aromatic carbocycles. The molecule has 224 valence electrons. The van der Waals surface area contributed by atoms with Crippen LogP contribution in [-0.2, 0) is 13.3 Å². The minimum Gasteiger partial charge on any atom is -0.371 e. The molecule has 0 saturated heterocycles. The third-order valence-corrected chi connectivity index (χ3v) is 8.76. The topological polar surface area (TPSA) is 27.7 Å². The van der Waals surface area contributed by atoms with Crippen LogP contribution in [0.4, 0.5) is 57.1 Å². The molecule has 0 radical (unpaired) electrons. The number of alkyl halides is 13. The van der Waals surface area contributed by atoms with Crippen LogP contribution in [0, 0.1) is 0 Å². The quantitative estimate of drug-likeness (QED) is 0.133. The molecule has 37 heavy (non-hydrogen) atoms. The van der Waals surface area contributed by atoms with Crippen LogP contribution in [0.3, 0.4) is 0 Å². The van der Waals surface area contributed by atoms with Gasteiger partial charge in [0.15, 0.2) is 0 Å². The molecule has 0 heterocycles. The molecule has 0 fully saturated rings. The van der Waals surface area contributed by atoms with Crippen molar-refractivity contribution in [2.24, 2.45) is 0 Å². The van der Waals surface area contributed by atoms with E-state index in [1.54, 1.807) is 20.8 Å². The van der Waals surface area contributed by atoms with Crippen molar-refractivity contribution in [3.8, 4) is 0 Å². The molecule has 0 saturated carbocycles. The van der Waals surface area contributed by atoms with Crippen molar-refractivity contribution >= 4 is 8.80 Å². The lowest BCUT2D eigenvalue weighted by Crippen LogP contribution is -2.70. The molecule has 3 nitrogen and oxygen atoms in total. The monoisotopic (exact) mass is 594 g/mol. The summed E-state index contributed by atoms with van der Waals surface area (Å²) in [6, 6.07) is -1.37. The summed E-state index contributed by atoms with van der Waals surface area (Å²) < 4.78 is 192. The van der Waals surface area contributed by atoms with E-state index in [1.807, 2.05) is 0 Å². The van der Waals surface area contributed by atoms with Gasteiger partial charge >= 0.3 is 44.6 Å². The molecule has 3 atom stereocenters. The summed E-state index contributed by atoms with van der Waals surface area (Å²) in [7, 11) is -4.48. The van der Waals surface area contributed by atoms with Crippen molar-refractivity contribution in [2.75, 3.05) is 0 Å². The van der Waals surface area contributed by atoms with Gasteiger partial charge in [-0.25, -0.2) is 0 Å². The third kappa shape index (κ3) is 7.44. The maximum absolute atomic E-state index is 14.5. The van der Waals surface area contributed by atoms with Crippen LogP contribution in [0.25, 0.3) is 0 Å². The van der Waals surface area contributed by atoms with Gasteiger partial charge in [0.2, 0.25) is 0 Å². The normalized spacial score (nSPS) is 18.9. The highest BCUT2D eigenvalue weighted by molar-refractivity contribution is 6.60. The maximum Gasteiger partial charge on any atom is 0.501 e. The fourth-order valence-corrected chi connectivity index (χ4v) is 6.18. The summed E-state index contributed by atoms with van der Waals surface area (Å²) in [6.07, 6.45) is -11.6. The predicted molar refractivity (Wildman–Crippen MR) is 108 cm³/mol. The first kappa shape index (κ1) is 36.2. The van der Waals surface area contributed by atoms with Gasteiger partial charge in [0.1, 0.15) is 0 Å². The van der Waals surface area contributed by atoms with Crippen LogP contribution >= 0.6 is 0 Å². The lowest BCUT2D eigenvalue weighted by atomic mass is 9.93. The molecule has 17 heteroatoms. The third-order valence-electron chi connectivity index (χ3n) is 5.61. The fourth-order valence-electron chi connectivity index (χ4n) is 2.70. The Balaban J connectivity index is 6.49. The van der Waals surface area contributed by atoms with Gasteiger partial charge in [-0.05, 0) is 40.0 Å². The second-order valence-electron chi connectivity index (χ2n) is 8.69. The van der Waals surface area contributed by atoms with E-state index >= 15 is 0 Å². The molecule has 0 bridgehead atoms. The molecule has 0 N–H and O–H groups in total. The van der Waals surface area contributed by atoms with Crippen molar-refractivity contribution in [2.45, 2.75) is 127 Å². The minimum atomic E-state index is -7.94. The highest BCUT2D eigenvalue weighted by Gasteiger charge is 2.90. The zero-order chi connectivity index (χ0) is 29.9. The Hall–Kier alpha value is -0.813. The van der Waals surface area contributed by atoms with Gasteiger partial charge < -0.3 is 13.3 Å². The Bertz CT molecular complexity index is 685. The molecule has 0 aliphatic carbocycles. The van der Waals surface area contributed by atoms with Crippen LogP contribution in [-0.4, -0.2) is 62.9 Å². The maximum atomic E-state index is 14.5. The zero-order valence-electron chi connectivity index (χ0n) is 20.9. The van der Waals surface area contributed by atoms with E-state index in [2.05, 4.69) is 0 Å². The Morgan fingerprint density at radius 2 is 0.811 bits per heavy atom. The molecule has 0 aromatic heterocycles. The highest BCUT2D eigenvalue weighted by atomic mass is 28.4. The standard InChI is InChI=1S/C20H31F13O3Si/c1-7-12(4)34-37(35-13(5)8-2,36-14(6)9-3)11-10-15(21,22)16(23,24)17(25,26)18(27,28)19(29,30)20(31,32)33/h12-14H,7-11H2,1-6H3. The van der Waals surface area contributed by atoms with Gasteiger partial charge in [-0.3, -0.25) is 0 Å². The molecule has 0 amide bonds. The van der Waals surface area contributed by atoms with E-state index in [0.717, 1.165) is 0 Å². The molecular weight excluding hydrogens is 563 g/mol. The van der Waals surface area contributed by atoms with Gasteiger partial charge in [0, 0.05) is 30.8 Å². The van der Waals surface area contributed by atoms with E-state index in [0.29, 0.717) is 0 Å². The van der Waals surface area contributed by atoms with E-state index < -0.39 is 75.4 Å². The Morgan fingerprint density at radius 1 is 0.514 bits per heavy atom. The average Bonchev–Trinajstić information content (AvgIpc) is 2.76. The van der Waals surface area contributed by atoms with E-state index in [-0.39, 0.29) is 19.3 Å². The van der Waals surface area contributed by atoms with Crippen LogP contribution in [0.15, 0.2) is 0 Å². The van der Waals surface area contributed by atoms with Crippen molar-refractivity contribution in [3.63, 3.8) is 0 Å². The van der Waals surface area contributed by atoms with E-state index in [1.165, 1.54) is 20.8 Å². The summed E-state index contributed by atoms with van der Waals surface area (Å²) in [4.78, 5) is 0. The smallest absolute Gasteiger partial charge is 0.371 e. The second kappa shape index (κ2) is 12.1. The first-order valence-electron chi connectivity index (χ1n) is 11.3. The van der Waals surface area contributed by atoms with Crippen LogP contribution in [0.2, 0.25) is 6.04 Å². The van der Waals surface area contributed by atoms with Gasteiger partial charge in [0.25, 0.3) is 0 Å². The fraction of sp³-hybridized carbons (Fsp3) is 1.00. The van der Waals surface area contributed by atoms with Crippen molar-refractivity contribution in [3.05, 3.63) is 0 Å². The van der Waals surface area contributed by atoms with Crippen LogP contribution in [0.5, 0.6) is 0 Å². The van der Waals surface area contributed by atoms with E-state index in [4.69, 9.17) is 13.3 Å². The van der Waals surface area contributed by atoms with Gasteiger partial charge in [0.05, 0.1) is 0 Å². The van der Waals surface area contributed by atoms with Gasteiger partial charge in [-0.2, -0.15) is 57.1 Å². The highest BCUT2D eigenvalue weighted by Crippen LogP contribution is 2.61. The summed E-state index contributed by atoms with van der Waals surface area (Å²) in [5.74, 6) is -37.1. The first-order valence-corrected chi connectivity index (χ1v) is 13.2. The molecule has 0 spiro atoms. The molecular formula is C20H31F13O3Si. The Labute approximate surface area is 207 Å². The number of rotatable bonds is 16. The largest absolute Gasteiger partial charge is 0.501 e. The van der Waals surface area contributed by atoms with Crippen molar-refractivity contribution in [1.29, 1.82) is 0 Å². The number of hydrogen-bond acceptors (Lipinski definition) is 3. The minimum absolute atomic E-state index is 0.214. The van der Waals surface area contributed by atoms with Crippen molar-refractivity contribution in [1.82, 2.24) is 0 Å². The Kier molecular flexibility index (Phi) is 11.9. The predicted octanol–water partition coefficient (Wildman–Crippen LogP) is 8.50. The lowest BCUT2D eigenvalue weighted by molar-refractivity contribution is -0.440. The zero-order valence-corrected chi connectivity index (χ0v) is 21.9. The Morgan fingerprint density at radius 3 is 1.08 bits per heavy atom. The number of halogens is 13. The summed E-state index contributed by atoms with van der Waals surface area (Å²) in [6.45, 7) is 8.97. The van der Waals surface area contributed by atoms with Gasteiger partial charge in [-0.1, -0.05) is 20.8 Å². The molecule has 0 aromatic rings. The summed E-state index contributed by atoms with van der Waals surface area (Å²) >= 11 is 0. The van der Waals surface area contributed by atoms with Crippen molar-refractivity contribution < 1.29 is 70.4 Å². The lowest BCUT2D eigenvalue weighted by Gasteiger charge is -2.41. The van der Waals surface area contributed by atoms with Crippen LogP contribution < -0.4 is 0 Å². The average molecular weight is 595 g/mol. The van der Waals surface area contributed by atoms with Crippen LogP contribution in [0.1, 0.15) is 67.2 Å². The van der Waals surface area contributed by atoms with E-state index in [9.17, 15) is 57.1 Å².